The highest BCUT2D eigenvalue weighted by Gasteiger charge is 2.37. The van der Waals surface area contributed by atoms with E-state index in [9.17, 15) is 13.2 Å². The molecule has 0 saturated carbocycles. The van der Waals surface area contributed by atoms with Crippen molar-refractivity contribution in [3.8, 4) is 0 Å². The van der Waals surface area contributed by atoms with Crippen LogP contribution in [-0.2, 0) is 21.2 Å². The van der Waals surface area contributed by atoms with Crippen LogP contribution in [0, 0.1) is 5.92 Å². The first-order valence-electron chi connectivity index (χ1n) is 9.63. The molecule has 1 fully saturated rings. The first-order valence-corrected chi connectivity index (χ1v) is 11.1. The van der Waals surface area contributed by atoms with Gasteiger partial charge in [0.25, 0.3) is 10.0 Å². The number of hydrogen-bond acceptors (Lipinski definition) is 4. The molecule has 3 aliphatic rings. The van der Waals surface area contributed by atoms with E-state index in [2.05, 4.69) is 10.5 Å². The Morgan fingerprint density at radius 2 is 1.82 bits per heavy atom. The van der Waals surface area contributed by atoms with Crippen LogP contribution in [0.3, 0.4) is 0 Å². The molecular weight excluding hydrogens is 374 g/mol. The Morgan fingerprint density at radius 1 is 1.04 bits per heavy atom. The zero-order chi connectivity index (χ0) is 19.3. The van der Waals surface area contributed by atoms with E-state index in [-0.39, 0.29) is 16.7 Å². The summed E-state index contributed by atoms with van der Waals surface area (Å²) in [5.41, 5.74) is 2.86. The van der Waals surface area contributed by atoms with Crippen LogP contribution in [-0.4, -0.2) is 44.7 Å². The molecule has 0 aliphatic carbocycles. The Hall–Kier alpha value is -2.67. The average Bonchev–Trinajstić information content (AvgIpc) is 3.27. The minimum atomic E-state index is -3.65. The summed E-state index contributed by atoms with van der Waals surface area (Å²) in [5, 5.41) is 0. The van der Waals surface area contributed by atoms with Crippen molar-refractivity contribution in [2.24, 2.45) is 10.3 Å². The first kappa shape index (κ1) is 17.4. The van der Waals surface area contributed by atoms with Gasteiger partial charge in [-0.2, -0.15) is 8.42 Å². The number of amidine groups is 1. The number of nitrogens with zero attached hydrogens (tertiary/aromatic N) is 3. The fourth-order valence-electron chi connectivity index (χ4n) is 4.48. The second kappa shape index (κ2) is 6.44. The zero-order valence-corrected chi connectivity index (χ0v) is 16.2. The number of rotatable bonds is 1. The maximum atomic E-state index is 13.2. The zero-order valence-electron chi connectivity index (χ0n) is 15.4. The Kier molecular flexibility index (Phi) is 4.01. The number of likely N-dealkylation sites (tertiary alicyclic amines) is 1. The Morgan fingerprint density at radius 3 is 2.71 bits per heavy atom. The van der Waals surface area contributed by atoms with Crippen LogP contribution >= 0.6 is 0 Å². The van der Waals surface area contributed by atoms with Crippen LogP contribution in [0.2, 0.25) is 0 Å². The van der Waals surface area contributed by atoms with Crippen LogP contribution in [0.1, 0.15) is 24.0 Å². The van der Waals surface area contributed by atoms with Crippen molar-refractivity contribution in [1.82, 2.24) is 4.90 Å². The summed E-state index contributed by atoms with van der Waals surface area (Å²) < 4.78 is 28.8. The third-order valence-electron chi connectivity index (χ3n) is 5.84. The largest absolute Gasteiger partial charge is 0.355 e. The lowest BCUT2D eigenvalue weighted by Crippen LogP contribution is -2.46. The maximum Gasteiger partial charge on any atom is 0.285 e. The molecule has 28 heavy (non-hydrogen) atoms. The van der Waals surface area contributed by atoms with Gasteiger partial charge in [0.15, 0.2) is 5.84 Å². The van der Waals surface area contributed by atoms with Crippen LogP contribution in [0.25, 0.3) is 0 Å². The summed E-state index contributed by atoms with van der Waals surface area (Å²) in [7, 11) is -3.65. The van der Waals surface area contributed by atoms with Crippen molar-refractivity contribution in [1.29, 1.82) is 0 Å². The standard InChI is InChI=1S/C21H21N3O3S/c25-21(24-13-11-15-6-1-3-9-18(15)24)16-7-5-12-23(14-16)20-17-8-2-4-10-19(17)28(26,27)22-20/h1-4,6,8-10,16H,5,7,11-14H2/t16-/m1/s1. The Balaban J connectivity index is 1.40. The molecule has 3 aliphatic heterocycles. The molecule has 0 radical (unpaired) electrons. The number of carbonyl (C=O) groups excluding carboxylic acids is 1. The van der Waals surface area contributed by atoms with Crippen molar-refractivity contribution >= 4 is 27.5 Å². The summed E-state index contributed by atoms with van der Waals surface area (Å²) in [6.07, 6.45) is 2.54. The monoisotopic (exact) mass is 395 g/mol. The van der Waals surface area contributed by atoms with E-state index in [0.29, 0.717) is 31.0 Å². The smallest absolute Gasteiger partial charge is 0.285 e. The van der Waals surface area contributed by atoms with Crippen molar-refractivity contribution in [3.63, 3.8) is 0 Å². The number of benzene rings is 2. The summed E-state index contributed by atoms with van der Waals surface area (Å²) in [6, 6.07) is 15.0. The number of piperidine rings is 1. The Bertz CT molecular complexity index is 1090. The van der Waals surface area contributed by atoms with Gasteiger partial charge < -0.3 is 9.80 Å². The molecule has 2 aromatic carbocycles. The van der Waals surface area contributed by atoms with E-state index in [0.717, 1.165) is 24.9 Å². The van der Waals surface area contributed by atoms with Gasteiger partial charge >= 0.3 is 0 Å². The van der Waals surface area contributed by atoms with E-state index in [1.807, 2.05) is 34.1 Å². The quantitative estimate of drug-likeness (QED) is 0.744. The van der Waals surface area contributed by atoms with Gasteiger partial charge in [-0.1, -0.05) is 30.3 Å². The number of carbonyl (C=O) groups is 1. The predicted molar refractivity (Wildman–Crippen MR) is 107 cm³/mol. The molecule has 0 unspecified atom stereocenters. The summed E-state index contributed by atoms with van der Waals surface area (Å²) in [4.78, 5) is 17.4. The topological polar surface area (TPSA) is 70.0 Å². The van der Waals surface area contributed by atoms with E-state index in [1.54, 1.807) is 18.2 Å². The van der Waals surface area contributed by atoms with Crippen LogP contribution in [0.15, 0.2) is 57.8 Å². The summed E-state index contributed by atoms with van der Waals surface area (Å²) in [5.74, 6) is 0.456. The SMILES string of the molecule is O=C([C@@H]1CCCN(C2=NS(=O)(=O)c3ccccc32)C1)N1CCc2ccccc21. The van der Waals surface area contributed by atoms with Crippen molar-refractivity contribution in [3.05, 3.63) is 59.7 Å². The number of amides is 1. The van der Waals surface area contributed by atoms with E-state index in [1.165, 1.54) is 5.56 Å². The number of anilines is 1. The molecule has 1 atom stereocenters. The minimum absolute atomic E-state index is 0.129. The fourth-order valence-corrected chi connectivity index (χ4v) is 5.70. The van der Waals surface area contributed by atoms with Crippen molar-refractivity contribution < 1.29 is 13.2 Å². The van der Waals surface area contributed by atoms with E-state index in [4.69, 9.17) is 0 Å². The van der Waals surface area contributed by atoms with Gasteiger partial charge in [0.05, 0.1) is 5.92 Å². The molecule has 0 aromatic heterocycles. The van der Waals surface area contributed by atoms with Gasteiger partial charge in [0.1, 0.15) is 4.90 Å². The molecule has 5 rings (SSSR count). The van der Waals surface area contributed by atoms with Gasteiger partial charge in [-0.3, -0.25) is 4.79 Å². The van der Waals surface area contributed by atoms with Gasteiger partial charge in [-0.05, 0) is 43.0 Å². The molecule has 2 aromatic rings. The summed E-state index contributed by atoms with van der Waals surface area (Å²) >= 11 is 0. The summed E-state index contributed by atoms with van der Waals surface area (Å²) in [6.45, 7) is 1.93. The van der Waals surface area contributed by atoms with Crippen LogP contribution in [0.4, 0.5) is 5.69 Å². The predicted octanol–water partition coefficient (Wildman–Crippen LogP) is 2.44. The minimum Gasteiger partial charge on any atom is -0.355 e. The van der Waals surface area contributed by atoms with Crippen molar-refractivity contribution in [2.45, 2.75) is 24.2 Å². The number of hydrogen-bond donors (Lipinski definition) is 0. The highest BCUT2D eigenvalue weighted by atomic mass is 32.2. The molecule has 0 N–H and O–H groups in total. The molecule has 1 amide bonds. The van der Waals surface area contributed by atoms with Crippen LogP contribution in [0.5, 0.6) is 0 Å². The van der Waals surface area contributed by atoms with Gasteiger partial charge in [-0.25, -0.2) is 0 Å². The lowest BCUT2D eigenvalue weighted by molar-refractivity contribution is -0.123. The van der Waals surface area contributed by atoms with Crippen molar-refractivity contribution in [2.75, 3.05) is 24.5 Å². The molecule has 7 heteroatoms. The lowest BCUT2D eigenvalue weighted by atomic mass is 9.95. The molecule has 6 nitrogen and oxygen atoms in total. The number of sulfonamides is 1. The number of para-hydroxylation sites is 1. The van der Waals surface area contributed by atoms with Crippen LogP contribution < -0.4 is 4.90 Å². The average molecular weight is 395 g/mol. The van der Waals surface area contributed by atoms with Gasteiger partial charge in [-0.15, -0.1) is 4.40 Å². The van der Waals surface area contributed by atoms with E-state index < -0.39 is 10.0 Å². The lowest BCUT2D eigenvalue weighted by Gasteiger charge is -2.35. The highest BCUT2D eigenvalue weighted by molar-refractivity contribution is 7.90. The van der Waals surface area contributed by atoms with Gasteiger partial charge in [0.2, 0.25) is 5.91 Å². The number of fused-ring (bicyclic) bond motifs is 2. The van der Waals surface area contributed by atoms with Gasteiger partial charge in [0, 0.05) is 30.9 Å². The highest BCUT2D eigenvalue weighted by Crippen LogP contribution is 2.33. The molecule has 144 valence electrons. The fraction of sp³-hybridized carbons (Fsp3) is 0.333. The Labute approximate surface area is 164 Å². The molecule has 0 spiro atoms. The normalized spacial score (nSPS) is 22.6. The maximum absolute atomic E-state index is 13.2. The molecular formula is C21H21N3O3S. The molecule has 1 saturated heterocycles. The third kappa shape index (κ3) is 2.73. The third-order valence-corrected chi connectivity index (χ3v) is 7.16. The second-order valence-electron chi connectivity index (χ2n) is 7.54. The molecule has 3 heterocycles. The second-order valence-corrected chi connectivity index (χ2v) is 9.11. The first-order chi connectivity index (χ1) is 13.5. The van der Waals surface area contributed by atoms with E-state index >= 15 is 0 Å². The molecule has 0 bridgehead atoms.